The zero-order valence-corrected chi connectivity index (χ0v) is 76.2. The van der Waals surface area contributed by atoms with Gasteiger partial charge in [0.1, 0.15) is 72.4 Å². The molecule has 6 aliphatic heterocycles. The summed E-state index contributed by atoms with van der Waals surface area (Å²) in [7, 11) is 1.84. The zero-order valence-electron chi connectivity index (χ0n) is 71.3. The molecule has 6 aromatic heterocycles. The van der Waals surface area contributed by atoms with Crippen LogP contribution < -0.4 is 96.2 Å². The van der Waals surface area contributed by atoms with E-state index < -0.39 is 122 Å². The highest BCUT2D eigenvalue weighted by atomic mass is 32.2. The predicted molar refractivity (Wildman–Crippen MR) is 479 cm³/mol. The first-order chi connectivity index (χ1) is 62.7. The summed E-state index contributed by atoms with van der Waals surface area (Å²) < 4.78 is 5.23. The minimum atomic E-state index is -1.75. The molecule has 54 heteroatoms. The lowest BCUT2D eigenvalue weighted by molar-refractivity contribution is -0.689. The van der Waals surface area contributed by atoms with Crippen LogP contribution in [0.1, 0.15) is 71.0 Å². The molecule has 0 radical (unpaired) electrons. The van der Waals surface area contributed by atoms with E-state index in [1.807, 2.05) is 7.05 Å². The SMILES string of the molecule is CC(C)(O/N=C(\C(=O)C[C@@H]1C(=O)N2C(C(=O)[O-])=C(/C=C/C[n+]3cnc(N)c(NCCN)c3)CSC12)c1csc(N)n1)C(=O)O.CNCCNc1c[n+](C/C=C/C2=C(C(=O)[O-])N3C(=O)[C@@H](CC(=O)/C(=N\OC(C)(C)C(=O)O)c4csc(N)n4)C3SC2)cnc1N.C[C@H](O/N=C(\C(=O)C[C@@H]1C(=O)N2C(C(=O)[O-])=C(/C=C/C[n+]3cnc(N)c(NCCN)c3)CSC12)c1csc(N)n1)C(=O)O. The lowest BCUT2D eigenvalue weighted by Gasteiger charge is -2.50. The number of aliphatic carboxylic acids is 6. The molecular weight excluding hydrogens is 1840 g/mol. The number of aromatic nitrogens is 9. The van der Waals surface area contributed by atoms with Crippen LogP contribution >= 0.6 is 69.3 Å². The molecule has 3 fully saturated rings. The van der Waals surface area contributed by atoms with Crippen LogP contribution in [0.15, 0.2) is 139 Å². The Morgan fingerprint density at radius 3 is 1.08 bits per heavy atom. The van der Waals surface area contributed by atoms with Crippen LogP contribution in [-0.4, -0.2) is 245 Å². The van der Waals surface area contributed by atoms with Gasteiger partial charge in [0.25, 0.3) is 36.4 Å². The molecular formula is C78H93N27O21S6. The molecule has 12 heterocycles. The highest BCUT2D eigenvalue weighted by Crippen LogP contribution is 2.49. The van der Waals surface area contributed by atoms with Crippen LogP contribution in [0.4, 0.5) is 49.9 Å². The van der Waals surface area contributed by atoms with E-state index in [1.165, 1.54) is 98.7 Å². The molecule has 132 heavy (non-hydrogen) atoms. The molecule has 48 nitrogen and oxygen atoms in total. The van der Waals surface area contributed by atoms with Gasteiger partial charge in [0.15, 0.2) is 49.9 Å². The van der Waals surface area contributed by atoms with Crippen molar-refractivity contribution >= 4 is 207 Å². The van der Waals surface area contributed by atoms with E-state index in [2.05, 4.69) is 66.6 Å². The van der Waals surface area contributed by atoms with E-state index in [1.54, 1.807) is 75.1 Å². The number of carbonyl (C=O) groups excluding carboxylic acids is 9. The molecule has 0 spiro atoms. The molecule has 0 aliphatic carbocycles. The zero-order chi connectivity index (χ0) is 96.3. The number of fused-ring (bicyclic) bond motifs is 3. The van der Waals surface area contributed by atoms with Gasteiger partial charge < -0.3 is 127 Å². The topological polar surface area (TPSA) is 754 Å². The number of Topliss-reactive ketones (excluding diaryl/α,β-unsaturated/α-hetero) is 3. The van der Waals surface area contributed by atoms with Crippen molar-refractivity contribution in [3.05, 3.63) is 141 Å². The second kappa shape index (κ2) is 44.8. The molecule has 702 valence electrons. The van der Waals surface area contributed by atoms with Gasteiger partial charge in [0.2, 0.25) is 35.0 Å². The molecule has 12 rings (SSSR count). The second-order valence-corrected chi connectivity index (χ2v) is 36.1. The highest BCUT2D eigenvalue weighted by molar-refractivity contribution is 8.00. The normalized spacial score (nSPS) is 18.8. The smallest absolute Gasteiger partial charge is 0.350 e. The number of rotatable bonds is 43. The number of hydrogen-bond acceptors (Lipinski definition) is 45. The monoisotopic (exact) mass is 1940 g/mol. The van der Waals surface area contributed by atoms with Gasteiger partial charge >= 0.3 is 17.9 Å². The number of thiazole rings is 3. The summed E-state index contributed by atoms with van der Waals surface area (Å²) in [4.78, 5) is 193. The Morgan fingerprint density at radius 2 is 0.811 bits per heavy atom. The van der Waals surface area contributed by atoms with Crippen molar-refractivity contribution in [1.82, 2.24) is 49.9 Å². The summed E-state index contributed by atoms with van der Waals surface area (Å²) in [6.07, 6.45) is 17.5. The molecule has 3 amide bonds. The summed E-state index contributed by atoms with van der Waals surface area (Å²) in [5, 5.41) is 90.7. The maximum absolute atomic E-state index is 13.3. The van der Waals surface area contributed by atoms with Crippen molar-refractivity contribution in [3.63, 3.8) is 0 Å². The number of amides is 3. The number of hydrogen-bond donors (Lipinski definition) is 15. The van der Waals surface area contributed by atoms with Gasteiger partial charge in [0, 0.05) is 91.9 Å². The number of oxime groups is 3. The Bertz CT molecular complexity index is 5770. The number of β-lactam (4-membered cyclic amide) rings is 3. The number of carbonyl (C=O) groups is 12. The first-order valence-electron chi connectivity index (χ1n) is 39.8. The van der Waals surface area contributed by atoms with Gasteiger partial charge in [-0.3, -0.25) is 43.5 Å². The van der Waals surface area contributed by atoms with E-state index in [0.717, 1.165) is 55.3 Å². The Hall–Kier alpha value is -13.7. The number of thioether (sulfide) groups is 3. The van der Waals surface area contributed by atoms with Gasteiger partial charge in [-0.1, -0.05) is 33.7 Å². The minimum Gasteiger partial charge on any atom is -0.543 e. The number of carboxylic acids is 6. The predicted octanol–water partition coefficient (Wildman–Crippen LogP) is -4.04. The summed E-state index contributed by atoms with van der Waals surface area (Å²) in [5.74, 6) is -13.0. The molecule has 0 aromatic carbocycles. The lowest BCUT2D eigenvalue weighted by atomic mass is 9.89. The van der Waals surface area contributed by atoms with Crippen molar-refractivity contribution in [2.75, 3.05) is 114 Å². The fraction of sp³-hybridized carbons (Fsp3) is 0.385. The maximum Gasteiger partial charge on any atom is 0.350 e. The molecule has 23 N–H and O–H groups in total. The number of carboxylic acid groups (broad SMARTS) is 6. The third-order valence-corrected chi connectivity index (χ3v) is 26.0. The van der Waals surface area contributed by atoms with Crippen LogP contribution in [0, 0.1) is 17.8 Å². The van der Waals surface area contributed by atoms with Gasteiger partial charge in [-0.25, -0.2) is 43.0 Å². The largest absolute Gasteiger partial charge is 0.543 e. The third kappa shape index (κ3) is 24.5. The summed E-state index contributed by atoms with van der Waals surface area (Å²) >= 11 is 7.04. The van der Waals surface area contributed by atoms with E-state index in [0.29, 0.717) is 104 Å². The molecule has 6 aromatic rings. The molecule has 3 unspecified atom stereocenters. The summed E-state index contributed by atoms with van der Waals surface area (Å²) in [6.45, 7) is 10.5. The summed E-state index contributed by atoms with van der Waals surface area (Å²) in [6, 6.07) is 0. The average molecular weight is 1940 g/mol. The van der Waals surface area contributed by atoms with Gasteiger partial charge in [-0.15, -0.1) is 69.3 Å². The number of anilines is 9. The molecule has 7 atom stereocenters. The number of allylic oxidation sites excluding steroid dienone is 6. The van der Waals surface area contributed by atoms with Crippen molar-refractivity contribution < 1.29 is 116 Å². The Kier molecular flexibility index (Phi) is 34.1. The van der Waals surface area contributed by atoms with E-state index in [-0.39, 0.29) is 103 Å². The molecule has 0 bridgehead atoms. The van der Waals surface area contributed by atoms with Crippen LogP contribution in [0.25, 0.3) is 0 Å². The number of ketones is 3. The van der Waals surface area contributed by atoms with Crippen molar-refractivity contribution in [2.24, 2.45) is 44.7 Å². The fourth-order valence-electron chi connectivity index (χ4n) is 12.9. The van der Waals surface area contributed by atoms with Crippen LogP contribution in [0.2, 0.25) is 0 Å². The van der Waals surface area contributed by atoms with Crippen LogP contribution in [0.5, 0.6) is 0 Å². The second-order valence-electron chi connectivity index (χ2n) is 30.1. The lowest BCUT2D eigenvalue weighted by Crippen LogP contribution is -2.63. The number of likely N-dealkylation sites (N-methyl/N-ethyl adjacent to an activating group) is 1. The first kappa shape index (κ1) is 100. The van der Waals surface area contributed by atoms with Crippen LogP contribution in [0.3, 0.4) is 0 Å². The standard InChI is InChI=1S/C27H33N9O7S2.C26H31N9O7S2.C25H29N9O7S2/c1-27(2,25(41)42)43-34-19(17-12-45-26(29)33-17)18(37)9-15-22(38)36-20(24(39)40)14(11-44-23(15)36)5-4-8-35-10-16(21(28)32-13-35)31-7-6-30-3;1-26(2,24(40)41)42-33-18(16-11-44-25(29)32-16)17(36)8-14-21(37)35-19(23(38)39)13(10-43-22(14)35)4-3-7-34-9-15(30-6-5-27)20(28)31-12-34;1-12(23(37)38)41-32-18(16-10-43-25(28)31-16)17(35)7-14-21(36)34-19(24(39)40)13(9-42-22(14)34)3-2-6-33-8-15(29-5-4-26)20(27)30-11-33/h4-5,10,12-13,15,23,28,30-31H,6-9,11H2,1-3H3,(H4,29,33,39,40,41,42);3-4,9,11-12,14,22,28,30H,5-8,10,27H2,1-2H3,(H4,29,32,38,39,40,41);2-3,8,10-12,14,22,27,29H,4-7,9,26H2,1H3,(H4,28,31,37,38,39,40)/b5-4+,34-19-;4-3+,33-18-;3-2+,32-18-/t15-,23?;14-,22?;12-,14+,22?/m110/s1. The number of nitrogens with two attached hydrogens (primary N) is 8. The van der Waals surface area contributed by atoms with Crippen molar-refractivity contribution in [2.45, 2.75) is 107 Å². The minimum absolute atomic E-state index is 0.0674. The molecule has 0 saturated carbocycles. The first-order valence-corrected chi connectivity index (χ1v) is 45.5. The van der Waals surface area contributed by atoms with Crippen molar-refractivity contribution in [3.8, 4) is 0 Å². The van der Waals surface area contributed by atoms with Gasteiger partial charge in [-0.2, -0.15) is 0 Å². The molecule has 3 saturated heterocycles. The highest BCUT2D eigenvalue weighted by Gasteiger charge is 2.56. The number of nitrogens with one attached hydrogen (secondary N) is 4. The van der Waals surface area contributed by atoms with Gasteiger partial charge in [0.05, 0.1) is 68.9 Å². The molecule has 6 aliphatic rings. The number of nitrogen functional groups attached to an aromatic ring is 6. The Morgan fingerprint density at radius 1 is 0.508 bits per heavy atom. The number of nitrogens with zero attached hydrogens (tertiary/aromatic N) is 15. The fourth-order valence-corrected chi connectivity index (χ4v) is 18.7. The van der Waals surface area contributed by atoms with E-state index in [4.69, 9.17) is 65.5 Å². The van der Waals surface area contributed by atoms with Crippen LogP contribution in [-0.2, 0) is 91.7 Å². The Balaban J connectivity index is 0.000000205. The third-order valence-electron chi connectivity index (χ3n) is 19.9. The maximum atomic E-state index is 13.3. The quantitative estimate of drug-likeness (QED) is 0.00570. The van der Waals surface area contributed by atoms with E-state index in [9.17, 15) is 83.1 Å². The van der Waals surface area contributed by atoms with Gasteiger partial charge in [-0.05, 0) is 91.6 Å². The Labute approximate surface area is 775 Å². The summed E-state index contributed by atoms with van der Waals surface area (Å²) in [5.41, 5.74) is 43.9. The van der Waals surface area contributed by atoms with E-state index >= 15 is 0 Å². The van der Waals surface area contributed by atoms with Crippen molar-refractivity contribution in [1.29, 1.82) is 0 Å². The average Bonchev–Trinajstić information content (AvgIpc) is 0.943.